The minimum Gasteiger partial charge on any atom is -0.382 e. The molecule has 1 aromatic rings. The van der Waals surface area contributed by atoms with Gasteiger partial charge in [0.25, 0.3) is 0 Å². The first kappa shape index (κ1) is 11.9. The Kier molecular flexibility index (Phi) is 3.97. The standard InChI is InChI=1S/C15H19NO/c1-2-11-16-15-13(9-6-10-14(15)17)12-7-4-3-5-8-12/h3-5,7-8,16H,2,6,9-11H2,1H3. The number of ketones is 1. The fraction of sp³-hybridized carbons (Fsp3) is 0.400. The van der Waals surface area contributed by atoms with Crippen LogP contribution in [0.4, 0.5) is 0 Å². The summed E-state index contributed by atoms with van der Waals surface area (Å²) in [4.78, 5) is 12.0. The molecule has 0 atom stereocenters. The van der Waals surface area contributed by atoms with E-state index >= 15 is 0 Å². The maximum atomic E-state index is 12.0. The molecule has 0 radical (unpaired) electrons. The van der Waals surface area contributed by atoms with Crippen molar-refractivity contribution in [1.82, 2.24) is 5.32 Å². The Morgan fingerprint density at radius 3 is 2.65 bits per heavy atom. The first-order valence-corrected chi connectivity index (χ1v) is 6.38. The van der Waals surface area contributed by atoms with E-state index in [1.165, 1.54) is 11.1 Å². The molecule has 1 aliphatic carbocycles. The van der Waals surface area contributed by atoms with Crippen LogP contribution < -0.4 is 5.32 Å². The Balaban J connectivity index is 2.34. The second-order valence-corrected chi connectivity index (χ2v) is 4.42. The van der Waals surface area contributed by atoms with Crippen molar-refractivity contribution in [3.8, 4) is 0 Å². The van der Waals surface area contributed by atoms with Crippen molar-refractivity contribution in [2.45, 2.75) is 32.6 Å². The minimum absolute atomic E-state index is 0.267. The maximum absolute atomic E-state index is 12.0. The van der Waals surface area contributed by atoms with Crippen LogP contribution in [0.3, 0.4) is 0 Å². The smallest absolute Gasteiger partial charge is 0.178 e. The van der Waals surface area contributed by atoms with E-state index in [1.54, 1.807) is 0 Å². The SMILES string of the molecule is CCCNC1=C(c2ccccc2)CCCC1=O. The van der Waals surface area contributed by atoms with Gasteiger partial charge in [0.05, 0.1) is 5.70 Å². The molecule has 0 aromatic heterocycles. The van der Waals surface area contributed by atoms with Crippen molar-refractivity contribution < 1.29 is 4.79 Å². The molecule has 2 heteroatoms. The summed E-state index contributed by atoms with van der Waals surface area (Å²) in [5.74, 6) is 0.267. The van der Waals surface area contributed by atoms with Crippen LogP contribution in [0.15, 0.2) is 36.0 Å². The predicted octanol–water partition coefficient (Wildman–Crippen LogP) is 3.15. The summed E-state index contributed by atoms with van der Waals surface area (Å²) < 4.78 is 0. The highest BCUT2D eigenvalue weighted by Crippen LogP contribution is 2.28. The van der Waals surface area contributed by atoms with E-state index in [0.717, 1.165) is 31.5 Å². The van der Waals surface area contributed by atoms with E-state index in [9.17, 15) is 4.79 Å². The van der Waals surface area contributed by atoms with Gasteiger partial charge in [0.1, 0.15) is 0 Å². The number of rotatable bonds is 4. The first-order valence-electron chi connectivity index (χ1n) is 6.38. The molecule has 17 heavy (non-hydrogen) atoms. The minimum atomic E-state index is 0.267. The van der Waals surface area contributed by atoms with Gasteiger partial charge < -0.3 is 5.32 Å². The Bertz CT molecular complexity index is 420. The van der Waals surface area contributed by atoms with Crippen molar-refractivity contribution in [2.24, 2.45) is 0 Å². The van der Waals surface area contributed by atoms with Crippen LogP contribution >= 0.6 is 0 Å². The molecule has 1 aliphatic rings. The van der Waals surface area contributed by atoms with Crippen LogP contribution in [0.25, 0.3) is 5.57 Å². The Morgan fingerprint density at radius 2 is 1.94 bits per heavy atom. The first-order chi connectivity index (χ1) is 8.33. The van der Waals surface area contributed by atoms with Gasteiger partial charge in [-0.1, -0.05) is 37.3 Å². The lowest BCUT2D eigenvalue weighted by molar-refractivity contribution is -0.116. The zero-order chi connectivity index (χ0) is 12.1. The molecule has 2 nitrogen and oxygen atoms in total. The summed E-state index contributed by atoms with van der Waals surface area (Å²) in [6, 6.07) is 10.2. The molecule has 0 unspecified atom stereocenters. The molecule has 0 amide bonds. The molecule has 0 saturated carbocycles. The highest BCUT2D eigenvalue weighted by Gasteiger charge is 2.20. The van der Waals surface area contributed by atoms with Gasteiger partial charge in [0.15, 0.2) is 5.78 Å². The molecular formula is C15H19NO. The summed E-state index contributed by atoms with van der Waals surface area (Å²) >= 11 is 0. The third-order valence-electron chi connectivity index (χ3n) is 3.09. The average molecular weight is 229 g/mol. The van der Waals surface area contributed by atoms with Crippen LogP contribution in [-0.2, 0) is 4.79 Å². The monoisotopic (exact) mass is 229 g/mol. The second-order valence-electron chi connectivity index (χ2n) is 4.42. The lowest BCUT2D eigenvalue weighted by Crippen LogP contribution is -2.25. The number of carbonyl (C=O) groups is 1. The zero-order valence-corrected chi connectivity index (χ0v) is 10.3. The lowest BCUT2D eigenvalue weighted by atomic mass is 9.90. The summed E-state index contributed by atoms with van der Waals surface area (Å²) in [7, 11) is 0. The molecule has 0 saturated heterocycles. The molecule has 0 bridgehead atoms. The average Bonchev–Trinajstić information content (AvgIpc) is 2.38. The molecular weight excluding hydrogens is 210 g/mol. The summed E-state index contributed by atoms with van der Waals surface area (Å²) in [6.45, 7) is 2.99. The molecule has 0 heterocycles. The van der Waals surface area contributed by atoms with Gasteiger partial charge in [-0.15, -0.1) is 0 Å². The number of carbonyl (C=O) groups excluding carboxylic acids is 1. The van der Waals surface area contributed by atoms with E-state index < -0.39 is 0 Å². The number of benzene rings is 1. The fourth-order valence-electron chi connectivity index (χ4n) is 2.23. The maximum Gasteiger partial charge on any atom is 0.178 e. The molecule has 2 rings (SSSR count). The van der Waals surface area contributed by atoms with Crippen molar-refractivity contribution in [2.75, 3.05) is 6.54 Å². The van der Waals surface area contributed by atoms with E-state index in [1.807, 2.05) is 18.2 Å². The van der Waals surface area contributed by atoms with Crippen LogP contribution in [0.1, 0.15) is 38.2 Å². The van der Waals surface area contributed by atoms with Gasteiger partial charge in [-0.25, -0.2) is 0 Å². The van der Waals surface area contributed by atoms with Gasteiger partial charge in [0.2, 0.25) is 0 Å². The van der Waals surface area contributed by atoms with Gasteiger partial charge in [-0.05, 0) is 30.4 Å². The normalized spacial score (nSPS) is 16.2. The van der Waals surface area contributed by atoms with Crippen LogP contribution in [0.2, 0.25) is 0 Å². The summed E-state index contributed by atoms with van der Waals surface area (Å²) in [6.07, 6.45) is 3.70. The van der Waals surface area contributed by atoms with Gasteiger partial charge in [0, 0.05) is 13.0 Å². The summed E-state index contributed by atoms with van der Waals surface area (Å²) in [5.41, 5.74) is 3.22. The summed E-state index contributed by atoms with van der Waals surface area (Å²) in [5, 5.41) is 3.30. The highest BCUT2D eigenvalue weighted by atomic mass is 16.1. The highest BCUT2D eigenvalue weighted by molar-refractivity contribution is 6.03. The van der Waals surface area contributed by atoms with Crippen LogP contribution in [0.5, 0.6) is 0 Å². The van der Waals surface area contributed by atoms with Gasteiger partial charge >= 0.3 is 0 Å². The fourth-order valence-corrected chi connectivity index (χ4v) is 2.23. The number of allylic oxidation sites excluding steroid dienone is 2. The quantitative estimate of drug-likeness (QED) is 0.859. The second kappa shape index (κ2) is 5.67. The van der Waals surface area contributed by atoms with Crippen molar-refractivity contribution in [3.63, 3.8) is 0 Å². The number of nitrogens with one attached hydrogen (secondary N) is 1. The Morgan fingerprint density at radius 1 is 1.18 bits per heavy atom. The van der Waals surface area contributed by atoms with Crippen LogP contribution in [0, 0.1) is 0 Å². The molecule has 0 fully saturated rings. The van der Waals surface area contributed by atoms with Gasteiger partial charge in [-0.3, -0.25) is 4.79 Å². The zero-order valence-electron chi connectivity index (χ0n) is 10.3. The molecule has 0 spiro atoms. The third-order valence-corrected chi connectivity index (χ3v) is 3.09. The Hall–Kier alpha value is -1.57. The van der Waals surface area contributed by atoms with E-state index in [-0.39, 0.29) is 5.78 Å². The molecule has 1 aromatic carbocycles. The third kappa shape index (κ3) is 2.76. The van der Waals surface area contributed by atoms with Crippen LogP contribution in [-0.4, -0.2) is 12.3 Å². The van der Waals surface area contributed by atoms with Crippen molar-refractivity contribution >= 4 is 11.4 Å². The Labute approximate surface area is 103 Å². The number of Topliss-reactive ketones (excluding diaryl/α,β-unsaturated/α-hetero) is 1. The van der Waals surface area contributed by atoms with Crippen molar-refractivity contribution in [1.29, 1.82) is 0 Å². The lowest BCUT2D eigenvalue weighted by Gasteiger charge is -2.20. The largest absolute Gasteiger partial charge is 0.382 e. The van der Waals surface area contributed by atoms with Crippen molar-refractivity contribution in [3.05, 3.63) is 41.6 Å². The topological polar surface area (TPSA) is 29.1 Å². The molecule has 1 N–H and O–H groups in total. The van der Waals surface area contributed by atoms with E-state index in [4.69, 9.17) is 0 Å². The van der Waals surface area contributed by atoms with E-state index in [0.29, 0.717) is 6.42 Å². The van der Waals surface area contributed by atoms with E-state index in [2.05, 4.69) is 24.4 Å². The number of hydrogen-bond donors (Lipinski definition) is 1. The van der Waals surface area contributed by atoms with Gasteiger partial charge in [-0.2, -0.15) is 0 Å². The molecule has 90 valence electrons. The molecule has 0 aliphatic heterocycles. The predicted molar refractivity (Wildman–Crippen MR) is 70.5 cm³/mol. The number of hydrogen-bond acceptors (Lipinski definition) is 2.